The fraction of sp³-hybridized carbons (Fsp3) is 0. The zero-order valence-corrected chi connectivity index (χ0v) is 16.1. The van der Waals surface area contributed by atoms with Crippen molar-refractivity contribution < 1.29 is 0 Å². The molecule has 0 aliphatic heterocycles. The van der Waals surface area contributed by atoms with Crippen molar-refractivity contribution in [2.45, 2.75) is 0 Å². The van der Waals surface area contributed by atoms with Gasteiger partial charge in [-0.15, -0.1) is 0 Å². The molecular formula is Al3Ge3N7. The summed E-state index contributed by atoms with van der Waals surface area (Å²) in [6, 6.07) is 0. The molecule has 0 aromatic rings. The van der Waals surface area contributed by atoms with Crippen LogP contribution in [0, 0.1) is 0 Å². The molecule has 7 nitrogen and oxygen atoms in total. The standard InChI is InChI=1S/3Al.3Ge.7N/q3*+3;3*+4;7*-3. The molecule has 0 aromatic carbocycles. The Balaban J connectivity index is 0. The van der Waals surface area contributed by atoms with Crippen LogP contribution in [0.25, 0.3) is 43.1 Å². The van der Waals surface area contributed by atoms with Gasteiger partial charge in [0.25, 0.3) is 0 Å². The Morgan fingerprint density at radius 1 is 0.231 bits per heavy atom. The molecule has 13 heteroatoms. The Morgan fingerprint density at radius 3 is 0.231 bits per heavy atom. The molecule has 13 heavy (non-hydrogen) atoms. The van der Waals surface area contributed by atoms with E-state index in [1.165, 1.54) is 0 Å². The summed E-state index contributed by atoms with van der Waals surface area (Å²) in [7, 11) is 0. The zero-order valence-electron chi connectivity index (χ0n) is 6.36. The maximum Gasteiger partial charge on any atom is 4.00 e. The molecule has 0 amide bonds. The Morgan fingerprint density at radius 2 is 0.231 bits per heavy atom. The van der Waals surface area contributed by atoms with E-state index in [2.05, 4.69) is 0 Å². The quantitative estimate of drug-likeness (QED) is 0.483. The van der Waals surface area contributed by atoms with E-state index >= 15 is 0 Å². The average Bonchev–Trinajstić information content (AvgIpc) is 0. The normalized spacial score (nSPS) is 0. The van der Waals surface area contributed by atoms with Gasteiger partial charge in [-0.3, -0.25) is 0 Å². The van der Waals surface area contributed by atoms with Gasteiger partial charge in [0.2, 0.25) is 0 Å². The molecule has 0 saturated heterocycles. The van der Waals surface area contributed by atoms with E-state index < -0.39 is 0 Å². The second-order valence-corrected chi connectivity index (χ2v) is 0. The maximum atomic E-state index is 0. The molecular weight excluding hydrogens is 397 g/mol. The Kier molecular flexibility index (Phi) is 10600. The van der Waals surface area contributed by atoms with Crippen molar-refractivity contribution in [3.63, 3.8) is 0 Å². The molecule has 0 radical (unpaired) electrons. The molecule has 0 atom stereocenters. The van der Waals surface area contributed by atoms with Crippen molar-refractivity contribution in [2.24, 2.45) is 0 Å². The van der Waals surface area contributed by atoms with E-state index in [-0.39, 0.29) is 148 Å². The van der Waals surface area contributed by atoms with Crippen LogP contribution < -0.4 is 0 Å². The predicted molar refractivity (Wildman–Crippen MR) is 58.0 cm³/mol. The summed E-state index contributed by atoms with van der Waals surface area (Å²) in [5, 5.41) is 0. The number of hydrogen-bond acceptors (Lipinski definition) is 0. The van der Waals surface area contributed by atoms with Crippen molar-refractivity contribution in [1.82, 2.24) is 0 Å². The van der Waals surface area contributed by atoms with Crippen LogP contribution in [0.3, 0.4) is 0 Å². The van der Waals surface area contributed by atoms with Crippen LogP contribution in [-0.2, 0) is 0 Å². The minimum Gasteiger partial charge on any atom is -3.00 e. The molecule has 0 unspecified atom stereocenters. The van der Waals surface area contributed by atoms with Crippen molar-refractivity contribution in [3.05, 3.63) is 43.1 Å². The monoisotopic (exact) mass is 401 g/mol. The minimum atomic E-state index is 0. The van der Waals surface area contributed by atoms with Crippen molar-refractivity contribution in [3.8, 4) is 0 Å². The molecule has 0 saturated carbocycles. The summed E-state index contributed by atoms with van der Waals surface area (Å²) in [5.74, 6) is 0. The van der Waals surface area contributed by atoms with Gasteiger partial charge in [0, 0.05) is 0 Å². The van der Waals surface area contributed by atoms with Crippen LogP contribution in [0.4, 0.5) is 0 Å². The number of nitrogens with zero attached hydrogens (tertiary/aromatic N) is 7. The van der Waals surface area contributed by atoms with Gasteiger partial charge in [0.1, 0.15) is 0 Å². The molecule has 0 aromatic heterocycles. The molecule has 0 fully saturated rings. The van der Waals surface area contributed by atoms with Gasteiger partial charge >= 0.3 is 105 Å². The summed E-state index contributed by atoms with van der Waals surface area (Å²) in [4.78, 5) is 0. The van der Waals surface area contributed by atoms with Crippen LogP contribution in [-0.4, -0.2) is 105 Å². The summed E-state index contributed by atoms with van der Waals surface area (Å²) in [6.07, 6.45) is 0. The van der Waals surface area contributed by atoms with Crippen molar-refractivity contribution >= 4 is 105 Å². The third-order valence-electron chi connectivity index (χ3n) is 0. The minimum absolute atomic E-state index is 0. The van der Waals surface area contributed by atoms with E-state index in [4.69, 9.17) is 0 Å². The number of hydrogen-bond donors (Lipinski definition) is 0. The van der Waals surface area contributed by atoms with Gasteiger partial charge in [-0.05, 0) is 0 Å². The second-order valence-electron chi connectivity index (χ2n) is 0. The first-order valence-corrected chi connectivity index (χ1v) is 0. The smallest absolute Gasteiger partial charge is 3.00 e. The molecule has 0 bridgehead atoms. The predicted octanol–water partition coefficient (Wildman–Crippen LogP) is -0.264. The van der Waals surface area contributed by atoms with Crippen LogP contribution in [0.2, 0.25) is 0 Å². The topological polar surface area (TPSA) is 214 Å². The summed E-state index contributed by atoms with van der Waals surface area (Å²) >= 11 is 0. The summed E-state index contributed by atoms with van der Waals surface area (Å²) < 4.78 is 0. The zero-order chi connectivity index (χ0) is 0. The van der Waals surface area contributed by atoms with Crippen molar-refractivity contribution in [1.29, 1.82) is 0 Å². The average molecular weight is 397 g/mol. The molecule has 0 aliphatic rings. The molecule has 56 valence electrons. The van der Waals surface area contributed by atoms with Gasteiger partial charge < -0.3 is 43.1 Å². The third-order valence-corrected chi connectivity index (χ3v) is 0. The van der Waals surface area contributed by atoms with E-state index in [0.717, 1.165) is 0 Å². The summed E-state index contributed by atoms with van der Waals surface area (Å²) in [6.45, 7) is 0. The van der Waals surface area contributed by atoms with Gasteiger partial charge in [0.05, 0.1) is 0 Å². The summed E-state index contributed by atoms with van der Waals surface area (Å²) in [5.41, 5.74) is 0. The van der Waals surface area contributed by atoms with Gasteiger partial charge in [0.15, 0.2) is 0 Å². The fourth-order valence-electron chi connectivity index (χ4n) is 0. The molecule has 0 spiro atoms. The van der Waals surface area contributed by atoms with Crippen LogP contribution in [0.15, 0.2) is 0 Å². The van der Waals surface area contributed by atoms with E-state index in [0.29, 0.717) is 0 Å². The Hall–Kier alpha value is 2.95. The fourth-order valence-corrected chi connectivity index (χ4v) is 0. The van der Waals surface area contributed by atoms with Gasteiger partial charge in [-0.1, -0.05) is 0 Å². The first kappa shape index (κ1) is 410. The maximum absolute atomic E-state index is 0. The molecule has 0 rings (SSSR count). The molecule has 0 aliphatic carbocycles. The van der Waals surface area contributed by atoms with Gasteiger partial charge in [-0.2, -0.15) is 0 Å². The van der Waals surface area contributed by atoms with Crippen LogP contribution in [0.1, 0.15) is 0 Å². The third kappa shape index (κ3) is 289. The second kappa shape index (κ2) is 335. The SMILES string of the molecule is [Al+3].[Al+3].[Al+3].[Ge+4].[Ge+4].[Ge+4].[N-3].[N-3].[N-3].[N-3].[N-3].[N-3].[N-3]. The van der Waals surface area contributed by atoms with Crippen molar-refractivity contribution in [2.75, 3.05) is 0 Å². The molecule has 0 N–H and O–H groups in total. The van der Waals surface area contributed by atoms with E-state index in [9.17, 15) is 0 Å². The molecule has 0 heterocycles. The van der Waals surface area contributed by atoms with E-state index in [1.54, 1.807) is 0 Å². The van der Waals surface area contributed by atoms with Crippen LogP contribution >= 0.6 is 0 Å². The Bertz CT molecular complexity index is 18.9. The van der Waals surface area contributed by atoms with Gasteiger partial charge in [-0.25, -0.2) is 0 Å². The Labute approximate surface area is 146 Å². The van der Waals surface area contributed by atoms with Crippen LogP contribution in [0.5, 0.6) is 0 Å². The first-order valence-electron chi connectivity index (χ1n) is 0. The largest absolute Gasteiger partial charge is 4.00 e. The van der Waals surface area contributed by atoms with E-state index in [1.807, 2.05) is 0 Å². The number of rotatable bonds is 0. The first-order chi connectivity index (χ1) is 0.